The molecule has 0 nitrogen and oxygen atoms in total. The standard InChI is InChI=1S/C3H7.BF4/c1-3-2;2-1(3,4)5/h1,3H2,2H3;/q;-1. The lowest BCUT2D eigenvalue weighted by Crippen LogP contribution is -2.02. The summed E-state index contributed by atoms with van der Waals surface area (Å²) in [5, 5.41) is 0. The maximum atomic E-state index is 9.75. The van der Waals surface area contributed by atoms with Crippen LogP contribution in [0.5, 0.6) is 0 Å². The predicted molar refractivity (Wildman–Crippen MR) is 25.8 cm³/mol. The maximum absolute atomic E-state index is 9.75. The molecule has 0 bridgehead atoms. The van der Waals surface area contributed by atoms with Gasteiger partial charge in [-0.15, -0.1) is 0 Å². The third-order valence-electron chi connectivity index (χ3n) is 0. The van der Waals surface area contributed by atoms with E-state index in [-0.39, 0.29) is 0 Å². The highest BCUT2D eigenvalue weighted by molar-refractivity contribution is 6.50. The van der Waals surface area contributed by atoms with Gasteiger partial charge in [-0.05, 0) is 0 Å². The van der Waals surface area contributed by atoms with E-state index in [1.54, 1.807) is 0 Å². The van der Waals surface area contributed by atoms with Crippen LogP contribution in [0.1, 0.15) is 13.3 Å². The zero-order valence-electron chi connectivity index (χ0n) is 4.50. The van der Waals surface area contributed by atoms with Crippen LogP contribution in [0, 0.1) is 6.92 Å². The fourth-order valence-corrected chi connectivity index (χ4v) is 0. The van der Waals surface area contributed by atoms with Crippen molar-refractivity contribution in [3.63, 3.8) is 0 Å². The van der Waals surface area contributed by atoms with Crippen molar-refractivity contribution in [2.75, 3.05) is 0 Å². The molecule has 8 heavy (non-hydrogen) atoms. The molecule has 0 rings (SSSR count). The van der Waals surface area contributed by atoms with Gasteiger partial charge in [-0.2, -0.15) is 0 Å². The number of hydrogen-bond donors (Lipinski definition) is 0. The Morgan fingerprint density at radius 3 is 1.25 bits per heavy atom. The van der Waals surface area contributed by atoms with Crippen LogP contribution in [0.3, 0.4) is 0 Å². The zero-order valence-corrected chi connectivity index (χ0v) is 4.50. The van der Waals surface area contributed by atoms with Gasteiger partial charge in [0.05, 0.1) is 0 Å². The number of hydrogen-bond acceptors (Lipinski definition) is 0. The minimum atomic E-state index is -6.00. The average molecular weight is 130 g/mol. The third kappa shape index (κ3) is 2860. The van der Waals surface area contributed by atoms with Crippen LogP contribution in [0.25, 0.3) is 0 Å². The van der Waals surface area contributed by atoms with Crippen LogP contribution in [-0.4, -0.2) is 7.25 Å². The Hall–Kier alpha value is -0.215. The molecule has 0 aromatic heterocycles. The molecule has 0 aromatic rings. The topological polar surface area (TPSA) is 0 Å². The summed E-state index contributed by atoms with van der Waals surface area (Å²) in [6.07, 6.45) is 1.00. The van der Waals surface area contributed by atoms with E-state index >= 15 is 0 Å². The first-order chi connectivity index (χ1) is 3.41. The molecular formula is C3H7BF4-. The summed E-state index contributed by atoms with van der Waals surface area (Å²) in [6, 6.07) is 0. The zero-order chi connectivity index (χ0) is 7.21. The van der Waals surface area contributed by atoms with Gasteiger partial charge in [0.25, 0.3) is 0 Å². The molecular weight excluding hydrogens is 123 g/mol. The predicted octanol–water partition coefficient (Wildman–Crippen LogP) is 2.53. The van der Waals surface area contributed by atoms with Crippen LogP contribution in [0.15, 0.2) is 0 Å². The van der Waals surface area contributed by atoms with E-state index in [0.717, 1.165) is 6.42 Å². The largest absolute Gasteiger partial charge is 0.673 e. The van der Waals surface area contributed by atoms with Crippen LogP contribution < -0.4 is 0 Å². The Balaban J connectivity index is 0. The molecule has 0 fully saturated rings. The second-order valence-electron chi connectivity index (χ2n) is 0.995. The molecule has 0 amide bonds. The first-order valence-electron chi connectivity index (χ1n) is 2.08. The van der Waals surface area contributed by atoms with E-state index in [1.807, 2.05) is 6.92 Å². The monoisotopic (exact) mass is 130 g/mol. The third-order valence-corrected chi connectivity index (χ3v) is 0. The van der Waals surface area contributed by atoms with Crippen molar-refractivity contribution in [1.82, 2.24) is 0 Å². The quantitative estimate of drug-likeness (QED) is 0.349. The average Bonchev–Trinajstić information content (AvgIpc) is 1.27. The summed E-state index contributed by atoms with van der Waals surface area (Å²) in [6.45, 7) is 5.50. The van der Waals surface area contributed by atoms with Crippen molar-refractivity contribution in [3.05, 3.63) is 6.92 Å². The van der Waals surface area contributed by atoms with Gasteiger partial charge in [0.15, 0.2) is 0 Å². The van der Waals surface area contributed by atoms with E-state index in [0.29, 0.717) is 0 Å². The normalized spacial score (nSPS) is 9.75. The molecule has 0 saturated heterocycles. The Morgan fingerprint density at radius 1 is 1.25 bits per heavy atom. The Labute approximate surface area is 46.0 Å². The van der Waals surface area contributed by atoms with Gasteiger partial charge in [-0.3, -0.25) is 0 Å². The van der Waals surface area contributed by atoms with Crippen LogP contribution in [0.4, 0.5) is 17.3 Å². The molecule has 0 aliphatic rings. The first-order valence-corrected chi connectivity index (χ1v) is 2.08. The van der Waals surface area contributed by atoms with Gasteiger partial charge in [-0.25, -0.2) is 0 Å². The highest BCUT2D eigenvalue weighted by atomic mass is 19.5. The van der Waals surface area contributed by atoms with E-state index in [1.165, 1.54) is 0 Å². The van der Waals surface area contributed by atoms with Gasteiger partial charge in [0.2, 0.25) is 0 Å². The molecule has 1 radical (unpaired) electrons. The van der Waals surface area contributed by atoms with Gasteiger partial charge in [-0.1, -0.05) is 20.3 Å². The summed E-state index contributed by atoms with van der Waals surface area (Å²) >= 11 is 0. The summed E-state index contributed by atoms with van der Waals surface area (Å²) in [7, 11) is -6.00. The molecule has 0 spiro atoms. The van der Waals surface area contributed by atoms with Crippen molar-refractivity contribution in [3.8, 4) is 0 Å². The van der Waals surface area contributed by atoms with Crippen LogP contribution in [-0.2, 0) is 0 Å². The van der Waals surface area contributed by atoms with Crippen LogP contribution >= 0.6 is 0 Å². The molecule has 0 aromatic carbocycles. The fraction of sp³-hybridized carbons (Fsp3) is 0.667. The van der Waals surface area contributed by atoms with Crippen molar-refractivity contribution in [2.45, 2.75) is 13.3 Å². The Morgan fingerprint density at radius 2 is 1.25 bits per heavy atom. The van der Waals surface area contributed by atoms with E-state index in [9.17, 15) is 17.3 Å². The first kappa shape index (κ1) is 10.7. The number of rotatable bonds is 0. The lowest BCUT2D eigenvalue weighted by molar-refractivity contribution is 0.368. The summed E-state index contributed by atoms with van der Waals surface area (Å²) < 4.78 is 39.0. The second-order valence-corrected chi connectivity index (χ2v) is 0.995. The lowest BCUT2D eigenvalue weighted by Gasteiger charge is -1.94. The van der Waals surface area contributed by atoms with Gasteiger partial charge in [0.1, 0.15) is 0 Å². The van der Waals surface area contributed by atoms with Crippen molar-refractivity contribution >= 4 is 7.25 Å². The summed E-state index contributed by atoms with van der Waals surface area (Å²) in [4.78, 5) is 0. The molecule has 0 N–H and O–H groups in total. The van der Waals surface area contributed by atoms with Gasteiger partial charge < -0.3 is 17.3 Å². The highest BCUT2D eigenvalue weighted by Crippen LogP contribution is 2.06. The van der Waals surface area contributed by atoms with E-state index in [2.05, 4.69) is 6.92 Å². The van der Waals surface area contributed by atoms with Crippen molar-refractivity contribution in [1.29, 1.82) is 0 Å². The lowest BCUT2D eigenvalue weighted by atomic mass is 10.3. The Bertz CT molecular complexity index is 35.0. The Kier molecular flexibility index (Phi) is 6.60. The summed E-state index contributed by atoms with van der Waals surface area (Å²) in [5.41, 5.74) is 0. The fourth-order valence-electron chi connectivity index (χ4n) is 0. The van der Waals surface area contributed by atoms with Crippen molar-refractivity contribution < 1.29 is 17.3 Å². The number of halogens is 4. The van der Waals surface area contributed by atoms with Gasteiger partial charge >= 0.3 is 7.25 Å². The molecule has 0 unspecified atom stereocenters. The maximum Gasteiger partial charge on any atom is 0.673 e. The van der Waals surface area contributed by atoms with E-state index < -0.39 is 7.25 Å². The smallest absolute Gasteiger partial charge is 0.418 e. The molecule has 5 heteroatoms. The highest BCUT2D eigenvalue weighted by Gasteiger charge is 2.20. The minimum Gasteiger partial charge on any atom is -0.418 e. The molecule has 0 heterocycles. The van der Waals surface area contributed by atoms with Crippen molar-refractivity contribution in [2.24, 2.45) is 0 Å². The van der Waals surface area contributed by atoms with E-state index in [4.69, 9.17) is 0 Å². The minimum absolute atomic E-state index is 1.00. The molecule has 0 atom stereocenters. The van der Waals surface area contributed by atoms with Gasteiger partial charge in [0, 0.05) is 0 Å². The second kappa shape index (κ2) is 4.93. The molecule has 51 valence electrons. The molecule has 0 aliphatic carbocycles. The molecule has 0 aliphatic heterocycles. The van der Waals surface area contributed by atoms with Crippen LogP contribution in [0.2, 0.25) is 0 Å². The SMILES string of the molecule is F[B-](F)(F)F.[CH2]CC. The summed E-state index contributed by atoms with van der Waals surface area (Å²) in [5.74, 6) is 0. The molecule has 0 saturated carbocycles.